The topological polar surface area (TPSA) is 12.0 Å². The Labute approximate surface area is 123 Å². The van der Waals surface area contributed by atoms with E-state index in [1.165, 1.54) is 24.3 Å². The van der Waals surface area contributed by atoms with Gasteiger partial charge in [0.1, 0.15) is 17.5 Å². The monoisotopic (exact) mass is 377 g/mol. The zero-order valence-corrected chi connectivity index (χ0v) is 12.2. The molecular weight excluding hydrogens is 366 g/mol. The molecule has 1 N–H and O–H groups in total. The normalized spacial score (nSPS) is 12.3. The molecule has 0 aliphatic heterocycles. The van der Waals surface area contributed by atoms with E-state index in [2.05, 4.69) is 5.32 Å². The second-order valence-electron chi connectivity index (χ2n) is 4.19. The zero-order valence-electron chi connectivity index (χ0n) is 10.1. The first-order chi connectivity index (χ1) is 8.95. The van der Waals surface area contributed by atoms with Crippen molar-refractivity contribution in [3.8, 4) is 0 Å². The first kappa shape index (κ1) is 14.2. The van der Waals surface area contributed by atoms with Crippen LogP contribution < -0.4 is 5.32 Å². The lowest BCUT2D eigenvalue weighted by atomic mass is 10.1. The Morgan fingerprint density at radius 3 is 2.16 bits per heavy atom. The Kier molecular flexibility index (Phi) is 4.34. The standard InChI is InChI=1S/C14H11F3IN/c1-8(9-4-11(16)6-12(17)5-9)19-14-3-2-10(15)7-13(14)18/h2-8,19H,1H3. The molecule has 0 spiro atoms. The van der Waals surface area contributed by atoms with Crippen LogP contribution in [0.1, 0.15) is 18.5 Å². The molecular formula is C14H11F3IN. The number of halogens is 4. The Balaban J connectivity index is 2.22. The van der Waals surface area contributed by atoms with Gasteiger partial charge in [-0.2, -0.15) is 0 Å². The van der Waals surface area contributed by atoms with Gasteiger partial charge in [0.2, 0.25) is 0 Å². The van der Waals surface area contributed by atoms with E-state index in [-0.39, 0.29) is 11.9 Å². The first-order valence-electron chi connectivity index (χ1n) is 5.63. The van der Waals surface area contributed by atoms with Gasteiger partial charge < -0.3 is 5.32 Å². The third kappa shape index (κ3) is 3.62. The highest BCUT2D eigenvalue weighted by Crippen LogP contribution is 2.25. The highest BCUT2D eigenvalue weighted by Gasteiger charge is 2.10. The van der Waals surface area contributed by atoms with E-state index in [9.17, 15) is 13.2 Å². The average Bonchev–Trinajstić information content (AvgIpc) is 2.31. The summed E-state index contributed by atoms with van der Waals surface area (Å²) < 4.78 is 40.0. The quantitative estimate of drug-likeness (QED) is 0.752. The van der Waals surface area contributed by atoms with Gasteiger partial charge in [-0.1, -0.05) is 0 Å². The molecule has 2 aromatic carbocycles. The third-order valence-corrected chi connectivity index (χ3v) is 3.58. The summed E-state index contributed by atoms with van der Waals surface area (Å²) >= 11 is 2.00. The van der Waals surface area contributed by atoms with Crippen LogP contribution in [0.3, 0.4) is 0 Å². The number of anilines is 1. The van der Waals surface area contributed by atoms with Crippen molar-refractivity contribution < 1.29 is 13.2 Å². The molecule has 0 amide bonds. The van der Waals surface area contributed by atoms with E-state index < -0.39 is 11.6 Å². The van der Waals surface area contributed by atoms with Crippen molar-refractivity contribution in [1.82, 2.24) is 0 Å². The first-order valence-corrected chi connectivity index (χ1v) is 6.71. The van der Waals surface area contributed by atoms with E-state index >= 15 is 0 Å². The second-order valence-corrected chi connectivity index (χ2v) is 5.36. The Hall–Kier alpha value is -1.24. The van der Waals surface area contributed by atoms with Crippen LogP contribution in [0.5, 0.6) is 0 Å². The van der Waals surface area contributed by atoms with Crippen molar-refractivity contribution in [3.63, 3.8) is 0 Å². The number of nitrogens with one attached hydrogen (secondary N) is 1. The van der Waals surface area contributed by atoms with Gasteiger partial charge in [0.05, 0.1) is 0 Å². The molecule has 100 valence electrons. The Morgan fingerprint density at radius 2 is 1.58 bits per heavy atom. The number of rotatable bonds is 3. The van der Waals surface area contributed by atoms with Crippen molar-refractivity contribution in [2.45, 2.75) is 13.0 Å². The van der Waals surface area contributed by atoms with Crippen LogP contribution in [0, 0.1) is 21.0 Å². The van der Waals surface area contributed by atoms with Gasteiger partial charge in [0, 0.05) is 21.4 Å². The maximum Gasteiger partial charge on any atom is 0.126 e. The lowest BCUT2D eigenvalue weighted by Crippen LogP contribution is -2.08. The fraction of sp³-hybridized carbons (Fsp3) is 0.143. The molecule has 0 heterocycles. The van der Waals surface area contributed by atoms with Gasteiger partial charge in [0.25, 0.3) is 0 Å². The molecule has 0 aromatic heterocycles. The van der Waals surface area contributed by atoms with E-state index in [0.717, 1.165) is 11.8 Å². The van der Waals surface area contributed by atoms with E-state index in [0.29, 0.717) is 9.13 Å². The van der Waals surface area contributed by atoms with Crippen LogP contribution in [-0.4, -0.2) is 0 Å². The molecule has 2 rings (SSSR count). The van der Waals surface area contributed by atoms with E-state index in [1.54, 1.807) is 13.0 Å². The Morgan fingerprint density at radius 1 is 0.947 bits per heavy atom. The lowest BCUT2D eigenvalue weighted by Gasteiger charge is -2.17. The SMILES string of the molecule is CC(Nc1ccc(F)cc1I)c1cc(F)cc(F)c1. The highest BCUT2D eigenvalue weighted by atomic mass is 127. The van der Waals surface area contributed by atoms with Crippen molar-refractivity contribution in [2.75, 3.05) is 5.32 Å². The molecule has 1 nitrogen and oxygen atoms in total. The molecule has 0 saturated heterocycles. The van der Waals surface area contributed by atoms with Crippen molar-refractivity contribution in [2.24, 2.45) is 0 Å². The van der Waals surface area contributed by atoms with Crippen LogP contribution >= 0.6 is 22.6 Å². The van der Waals surface area contributed by atoms with Crippen LogP contribution in [0.15, 0.2) is 36.4 Å². The summed E-state index contributed by atoms with van der Waals surface area (Å²) in [5, 5.41) is 3.10. The summed E-state index contributed by atoms with van der Waals surface area (Å²) in [6.45, 7) is 1.79. The average molecular weight is 377 g/mol. The fourth-order valence-electron chi connectivity index (χ4n) is 1.75. The van der Waals surface area contributed by atoms with Gasteiger partial charge in [-0.05, 0) is 65.4 Å². The second kappa shape index (κ2) is 5.81. The summed E-state index contributed by atoms with van der Waals surface area (Å²) in [4.78, 5) is 0. The summed E-state index contributed by atoms with van der Waals surface area (Å²) in [5.74, 6) is -1.55. The Bertz CT molecular complexity index is 581. The molecule has 0 bridgehead atoms. The largest absolute Gasteiger partial charge is 0.378 e. The summed E-state index contributed by atoms with van der Waals surface area (Å²) in [6, 6.07) is 7.42. The van der Waals surface area contributed by atoms with E-state index in [4.69, 9.17) is 0 Å². The van der Waals surface area contributed by atoms with Gasteiger partial charge in [-0.3, -0.25) is 0 Å². The van der Waals surface area contributed by atoms with Crippen molar-refractivity contribution in [1.29, 1.82) is 0 Å². The van der Waals surface area contributed by atoms with Crippen LogP contribution in [0.4, 0.5) is 18.9 Å². The lowest BCUT2D eigenvalue weighted by molar-refractivity contribution is 0.577. The number of hydrogen-bond donors (Lipinski definition) is 1. The van der Waals surface area contributed by atoms with Gasteiger partial charge in [0.15, 0.2) is 0 Å². The van der Waals surface area contributed by atoms with Crippen LogP contribution in [0.2, 0.25) is 0 Å². The fourth-order valence-corrected chi connectivity index (χ4v) is 2.38. The maximum absolute atomic E-state index is 13.1. The molecule has 2 aromatic rings. The molecule has 0 radical (unpaired) electrons. The molecule has 0 aliphatic carbocycles. The van der Waals surface area contributed by atoms with Crippen LogP contribution in [0.25, 0.3) is 0 Å². The zero-order chi connectivity index (χ0) is 14.0. The summed E-state index contributed by atoms with van der Waals surface area (Å²) in [6.07, 6.45) is 0. The number of hydrogen-bond acceptors (Lipinski definition) is 1. The van der Waals surface area contributed by atoms with Gasteiger partial charge in [-0.15, -0.1) is 0 Å². The summed E-state index contributed by atoms with van der Waals surface area (Å²) in [7, 11) is 0. The van der Waals surface area contributed by atoms with Crippen LogP contribution in [-0.2, 0) is 0 Å². The third-order valence-electron chi connectivity index (χ3n) is 2.69. The minimum absolute atomic E-state index is 0.288. The molecule has 0 saturated carbocycles. The molecule has 5 heteroatoms. The highest BCUT2D eigenvalue weighted by molar-refractivity contribution is 14.1. The molecule has 1 atom stereocenters. The number of benzene rings is 2. The minimum Gasteiger partial charge on any atom is -0.378 e. The summed E-state index contributed by atoms with van der Waals surface area (Å²) in [5.41, 5.74) is 1.22. The predicted molar refractivity (Wildman–Crippen MR) is 77.5 cm³/mol. The maximum atomic E-state index is 13.1. The van der Waals surface area contributed by atoms with Crippen molar-refractivity contribution in [3.05, 3.63) is 63.0 Å². The van der Waals surface area contributed by atoms with E-state index in [1.807, 2.05) is 22.6 Å². The smallest absolute Gasteiger partial charge is 0.126 e. The molecule has 0 fully saturated rings. The van der Waals surface area contributed by atoms with Gasteiger partial charge in [-0.25, -0.2) is 13.2 Å². The predicted octanol–water partition coefficient (Wildman–Crippen LogP) is 4.88. The van der Waals surface area contributed by atoms with Gasteiger partial charge >= 0.3 is 0 Å². The molecule has 0 aliphatic rings. The minimum atomic E-state index is -0.613. The molecule has 19 heavy (non-hydrogen) atoms. The molecule has 1 unspecified atom stereocenters. The van der Waals surface area contributed by atoms with Crippen molar-refractivity contribution >= 4 is 28.3 Å².